The van der Waals surface area contributed by atoms with Gasteiger partial charge in [0.1, 0.15) is 5.75 Å². The van der Waals surface area contributed by atoms with Gasteiger partial charge in [-0.25, -0.2) is 0 Å². The molecule has 0 saturated heterocycles. The molecule has 0 radical (unpaired) electrons. The van der Waals surface area contributed by atoms with Crippen LogP contribution in [0.5, 0.6) is 5.75 Å². The highest BCUT2D eigenvalue weighted by atomic mass is 16.5. The molecule has 1 amide bonds. The van der Waals surface area contributed by atoms with Crippen LogP contribution >= 0.6 is 0 Å². The van der Waals surface area contributed by atoms with Crippen molar-refractivity contribution in [1.82, 2.24) is 4.98 Å². The number of nitrogens with one attached hydrogen (secondary N) is 2. The summed E-state index contributed by atoms with van der Waals surface area (Å²) >= 11 is 0. The van der Waals surface area contributed by atoms with E-state index in [9.17, 15) is 4.79 Å². The van der Waals surface area contributed by atoms with Crippen LogP contribution in [0, 0.1) is 0 Å². The minimum Gasteiger partial charge on any atom is -0.497 e. The third-order valence-corrected chi connectivity index (χ3v) is 5.51. The highest BCUT2D eigenvalue weighted by molar-refractivity contribution is 5.95. The second-order valence-electron chi connectivity index (χ2n) is 7.60. The van der Waals surface area contributed by atoms with Gasteiger partial charge < -0.3 is 20.8 Å². The van der Waals surface area contributed by atoms with Crippen LogP contribution < -0.4 is 15.8 Å². The number of anilines is 1. The number of rotatable bonds is 6. The highest BCUT2D eigenvalue weighted by Gasteiger charge is 2.20. The SMILES string of the molecule is COc1cccc(CCCC(=O)Nc2ccc3[nH]c4c(c3c2)CC(N)CC4)c1. The van der Waals surface area contributed by atoms with Gasteiger partial charge in [-0.3, -0.25) is 4.79 Å². The second kappa shape index (κ2) is 8.07. The Morgan fingerprint density at radius 2 is 2.18 bits per heavy atom. The van der Waals surface area contributed by atoms with Crippen molar-refractivity contribution < 1.29 is 9.53 Å². The summed E-state index contributed by atoms with van der Waals surface area (Å²) < 4.78 is 5.25. The molecule has 5 nitrogen and oxygen atoms in total. The van der Waals surface area contributed by atoms with Crippen molar-refractivity contribution in [3.8, 4) is 5.75 Å². The molecule has 1 aliphatic carbocycles. The summed E-state index contributed by atoms with van der Waals surface area (Å²) in [4.78, 5) is 15.9. The lowest BCUT2D eigenvalue weighted by Gasteiger charge is -2.18. The summed E-state index contributed by atoms with van der Waals surface area (Å²) in [6.45, 7) is 0. The van der Waals surface area contributed by atoms with E-state index in [2.05, 4.69) is 22.4 Å². The first-order valence-electron chi connectivity index (χ1n) is 9.94. The van der Waals surface area contributed by atoms with Gasteiger partial charge in [0.05, 0.1) is 7.11 Å². The lowest BCUT2D eigenvalue weighted by atomic mass is 9.92. The molecular weight excluding hydrogens is 350 g/mol. The lowest BCUT2D eigenvalue weighted by Crippen LogP contribution is -2.27. The average Bonchev–Trinajstić information content (AvgIpc) is 3.05. The Balaban J connectivity index is 1.37. The maximum Gasteiger partial charge on any atom is 0.224 e. The molecule has 1 aromatic heterocycles. The van der Waals surface area contributed by atoms with Crippen LogP contribution in [0.15, 0.2) is 42.5 Å². The molecule has 0 aliphatic heterocycles. The summed E-state index contributed by atoms with van der Waals surface area (Å²) in [5.74, 6) is 0.896. The molecule has 4 N–H and O–H groups in total. The number of nitrogens with two attached hydrogens (primary N) is 1. The summed E-state index contributed by atoms with van der Waals surface area (Å²) in [5, 5.41) is 4.22. The predicted octanol–water partition coefficient (Wildman–Crippen LogP) is 3.95. The maximum absolute atomic E-state index is 12.4. The van der Waals surface area contributed by atoms with Gasteiger partial charge in [-0.2, -0.15) is 0 Å². The zero-order valence-electron chi connectivity index (χ0n) is 16.3. The van der Waals surface area contributed by atoms with Crippen molar-refractivity contribution in [2.45, 2.75) is 44.6 Å². The van der Waals surface area contributed by atoms with E-state index in [0.717, 1.165) is 49.1 Å². The molecule has 1 aliphatic rings. The standard InChI is InChI=1S/C23H27N3O2/c1-28-18-6-2-4-15(12-18)5-3-7-23(27)25-17-9-11-22-20(14-17)19-13-16(24)8-10-21(19)26-22/h2,4,6,9,11-12,14,16,26H,3,5,7-8,10,13,24H2,1H3,(H,25,27). The van der Waals surface area contributed by atoms with E-state index in [1.54, 1.807) is 7.11 Å². The van der Waals surface area contributed by atoms with Crippen LogP contribution in [0.3, 0.4) is 0 Å². The molecule has 1 atom stereocenters. The maximum atomic E-state index is 12.4. The number of hydrogen-bond acceptors (Lipinski definition) is 3. The van der Waals surface area contributed by atoms with E-state index in [1.165, 1.54) is 22.2 Å². The number of ether oxygens (including phenoxy) is 1. The second-order valence-corrected chi connectivity index (χ2v) is 7.60. The van der Waals surface area contributed by atoms with E-state index in [0.29, 0.717) is 6.42 Å². The monoisotopic (exact) mass is 377 g/mol. The predicted molar refractivity (Wildman–Crippen MR) is 113 cm³/mol. The Labute approximate surface area is 165 Å². The summed E-state index contributed by atoms with van der Waals surface area (Å²) in [6.07, 6.45) is 5.06. The fourth-order valence-corrected chi connectivity index (χ4v) is 4.03. The Morgan fingerprint density at radius 3 is 3.04 bits per heavy atom. The van der Waals surface area contributed by atoms with Gasteiger partial charge in [-0.15, -0.1) is 0 Å². The molecule has 0 bridgehead atoms. The molecule has 5 heteroatoms. The third kappa shape index (κ3) is 4.04. The molecule has 3 aromatic rings. The number of fused-ring (bicyclic) bond motifs is 3. The number of benzene rings is 2. The molecule has 0 fully saturated rings. The minimum absolute atomic E-state index is 0.0448. The molecule has 2 aromatic carbocycles. The van der Waals surface area contributed by atoms with Gasteiger partial charge in [-0.05, 0) is 73.6 Å². The first-order chi connectivity index (χ1) is 13.6. The number of hydrogen-bond donors (Lipinski definition) is 3. The van der Waals surface area contributed by atoms with Crippen LogP contribution in [0.2, 0.25) is 0 Å². The Morgan fingerprint density at radius 1 is 1.29 bits per heavy atom. The van der Waals surface area contributed by atoms with Gasteiger partial charge in [0.2, 0.25) is 5.91 Å². The van der Waals surface area contributed by atoms with E-state index in [1.807, 2.05) is 30.3 Å². The van der Waals surface area contributed by atoms with Crippen LogP contribution in [-0.2, 0) is 24.1 Å². The Kier molecular flexibility index (Phi) is 5.35. The van der Waals surface area contributed by atoms with Crippen LogP contribution in [0.1, 0.15) is 36.1 Å². The normalized spacial score (nSPS) is 16.0. The first-order valence-corrected chi connectivity index (χ1v) is 9.94. The smallest absolute Gasteiger partial charge is 0.224 e. The molecule has 1 unspecified atom stereocenters. The van der Waals surface area contributed by atoms with Crippen molar-refractivity contribution >= 4 is 22.5 Å². The summed E-state index contributed by atoms with van der Waals surface area (Å²) in [5.41, 5.74) is 11.9. The zero-order valence-corrected chi connectivity index (χ0v) is 16.3. The third-order valence-electron chi connectivity index (χ3n) is 5.51. The van der Waals surface area contributed by atoms with Crippen LogP contribution in [0.25, 0.3) is 10.9 Å². The number of methoxy groups -OCH3 is 1. The van der Waals surface area contributed by atoms with E-state index in [-0.39, 0.29) is 11.9 Å². The van der Waals surface area contributed by atoms with Gasteiger partial charge in [-0.1, -0.05) is 12.1 Å². The fraction of sp³-hybridized carbons (Fsp3) is 0.348. The summed E-state index contributed by atoms with van der Waals surface area (Å²) in [6, 6.07) is 14.3. The number of aromatic nitrogens is 1. The quantitative estimate of drug-likeness (QED) is 0.608. The van der Waals surface area contributed by atoms with E-state index < -0.39 is 0 Å². The number of aromatic amines is 1. The molecule has 4 rings (SSSR count). The van der Waals surface area contributed by atoms with Crippen molar-refractivity contribution in [2.24, 2.45) is 5.73 Å². The number of carbonyl (C=O) groups excluding carboxylic acids is 1. The molecule has 28 heavy (non-hydrogen) atoms. The minimum atomic E-state index is 0.0448. The number of H-pyrrole nitrogens is 1. The molecular formula is C23H27N3O2. The van der Waals surface area contributed by atoms with Gasteiger partial charge in [0.25, 0.3) is 0 Å². The van der Waals surface area contributed by atoms with Gasteiger partial charge in [0.15, 0.2) is 0 Å². The van der Waals surface area contributed by atoms with Crippen molar-refractivity contribution in [3.05, 3.63) is 59.3 Å². The molecule has 0 saturated carbocycles. The highest BCUT2D eigenvalue weighted by Crippen LogP contribution is 2.30. The Bertz CT molecular complexity index is 993. The average molecular weight is 377 g/mol. The number of carbonyl (C=O) groups is 1. The van der Waals surface area contributed by atoms with Crippen molar-refractivity contribution in [3.63, 3.8) is 0 Å². The molecule has 146 valence electrons. The fourth-order valence-electron chi connectivity index (χ4n) is 4.03. The number of aryl methyl sites for hydroxylation is 2. The first kappa shape index (κ1) is 18.6. The lowest BCUT2D eigenvalue weighted by molar-refractivity contribution is -0.116. The van der Waals surface area contributed by atoms with Gasteiger partial charge >= 0.3 is 0 Å². The van der Waals surface area contributed by atoms with Crippen molar-refractivity contribution in [1.29, 1.82) is 0 Å². The van der Waals surface area contributed by atoms with Crippen molar-refractivity contribution in [2.75, 3.05) is 12.4 Å². The van der Waals surface area contributed by atoms with Crippen LogP contribution in [-0.4, -0.2) is 24.0 Å². The largest absolute Gasteiger partial charge is 0.497 e. The Hall–Kier alpha value is -2.79. The number of amides is 1. The summed E-state index contributed by atoms with van der Waals surface area (Å²) in [7, 11) is 1.67. The zero-order chi connectivity index (χ0) is 19.5. The van der Waals surface area contributed by atoms with Crippen LogP contribution in [0.4, 0.5) is 5.69 Å². The topological polar surface area (TPSA) is 80.1 Å². The van der Waals surface area contributed by atoms with E-state index >= 15 is 0 Å². The van der Waals surface area contributed by atoms with E-state index in [4.69, 9.17) is 10.5 Å². The van der Waals surface area contributed by atoms with Gasteiger partial charge in [0, 0.05) is 34.7 Å². The molecule has 0 spiro atoms. The molecule has 1 heterocycles.